The lowest BCUT2D eigenvalue weighted by Crippen LogP contribution is -2.28. The van der Waals surface area contributed by atoms with Gasteiger partial charge in [0.2, 0.25) is 0 Å². The molecule has 1 rings (SSSR count). The van der Waals surface area contributed by atoms with Crippen LogP contribution in [0.4, 0.5) is 0 Å². The molecule has 10 heavy (non-hydrogen) atoms. The molecule has 0 spiro atoms. The fourth-order valence-corrected chi connectivity index (χ4v) is 1.82. The number of aliphatic hydroxyl groups excluding tert-OH is 1. The predicted octanol–water partition coefficient (Wildman–Crippen LogP) is 1.21. The van der Waals surface area contributed by atoms with E-state index in [1.807, 2.05) is 0 Å². The van der Waals surface area contributed by atoms with Gasteiger partial charge in [0.15, 0.2) is 0 Å². The number of hydrogen-bond donors (Lipinski definition) is 1. The van der Waals surface area contributed by atoms with E-state index in [9.17, 15) is 0 Å². The van der Waals surface area contributed by atoms with Gasteiger partial charge in [-0.3, -0.25) is 0 Å². The van der Waals surface area contributed by atoms with Gasteiger partial charge in [0.25, 0.3) is 0 Å². The number of rotatable bonds is 2. The highest BCUT2D eigenvalue weighted by Crippen LogP contribution is 2.19. The fourth-order valence-electron chi connectivity index (χ4n) is 1.13. The van der Waals surface area contributed by atoms with Crippen LogP contribution in [0.1, 0.15) is 12.8 Å². The fraction of sp³-hybridized carbons (Fsp3) is 1.00. The molecular formula is C7H13IO2. The van der Waals surface area contributed by atoms with E-state index in [4.69, 9.17) is 9.84 Å². The minimum absolute atomic E-state index is 0.286. The monoisotopic (exact) mass is 256 g/mol. The molecule has 2 atom stereocenters. The van der Waals surface area contributed by atoms with Crippen molar-refractivity contribution in [2.24, 2.45) is 5.92 Å². The number of ether oxygens (including phenoxy) is 1. The summed E-state index contributed by atoms with van der Waals surface area (Å²) in [5.41, 5.74) is 0. The third-order valence-corrected chi connectivity index (χ3v) is 2.88. The van der Waals surface area contributed by atoms with E-state index in [0.717, 1.165) is 23.9 Å². The van der Waals surface area contributed by atoms with Crippen LogP contribution in [-0.4, -0.2) is 28.9 Å². The van der Waals surface area contributed by atoms with E-state index >= 15 is 0 Å². The Labute approximate surface area is 75.1 Å². The van der Waals surface area contributed by atoms with E-state index in [1.54, 1.807) is 0 Å². The van der Waals surface area contributed by atoms with Crippen LogP contribution in [0, 0.1) is 5.92 Å². The molecule has 2 nitrogen and oxygen atoms in total. The highest BCUT2D eigenvalue weighted by atomic mass is 127. The van der Waals surface area contributed by atoms with Crippen LogP contribution in [0.15, 0.2) is 0 Å². The standard InChI is InChI=1S/C7H13IO2/c8-3-7-2-1-6(4-9)5-10-7/h6-7,9H,1-5H2/t6-,7-/m1/s1. The third kappa shape index (κ3) is 2.36. The Bertz CT molecular complexity index is 77.6. The molecule has 0 bridgehead atoms. The summed E-state index contributed by atoms with van der Waals surface area (Å²) >= 11 is 2.34. The van der Waals surface area contributed by atoms with Crippen molar-refractivity contribution < 1.29 is 9.84 Å². The molecule has 1 saturated heterocycles. The van der Waals surface area contributed by atoms with Gasteiger partial charge in [-0.25, -0.2) is 0 Å². The maximum Gasteiger partial charge on any atom is 0.0664 e. The normalized spacial score (nSPS) is 34.2. The summed E-state index contributed by atoms with van der Waals surface area (Å²) in [5, 5.41) is 8.77. The first kappa shape index (κ1) is 8.74. The van der Waals surface area contributed by atoms with Gasteiger partial charge < -0.3 is 9.84 Å². The van der Waals surface area contributed by atoms with Crippen molar-refractivity contribution in [3.8, 4) is 0 Å². The molecule has 1 aliphatic heterocycles. The molecular weight excluding hydrogens is 243 g/mol. The predicted molar refractivity (Wildman–Crippen MR) is 48.4 cm³/mol. The van der Waals surface area contributed by atoms with E-state index in [2.05, 4.69) is 22.6 Å². The van der Waals surface area contributed by atoms with E-state index in [-0.39, 0.29) is 6.61 Å². The highest BCUT2D eigenvalue weighted by Gasteiger charge is 2.19. The van der Waals surface area contributed by atoms with Gasteiger partial charge >= 0.3 is 0 Å². The van der Waals surface area contributed by atoms with E-state index in [0.29, 0.717) is 12.0 Å². The lowest BCUT2D eigenvalue weighted by Gasteiger charge is -2.26. The molecule has 60 valence electrons. The first-order valence-electron chi connectivity index (χ1n) is 3.65. The zero-order valence-electron chi connectivity index (χ0n) is 5.92. The number of halogens is 1. The van der Waals surface area contributed by atoms with Crippen LogP contribution in [0.25, 0.3) is 0 Å². The molecule has 1 aliphatic rings. The Kier molecular flexibility index (Phi) is 3.95. The molecule has 0 aromatic carbocycles. The average molecular weight is 256 g/mol. The molecule has 0 saturated carbocycles. The first-order chi connectivity index (χ1) is 4.86. The zero-order chi connectivity index (χ0) is 7.40. The summed E-state index contributed by atoms with van der Waals surface area (Å²) < 4.78 is 6.54. The zero-order valence-corrected chi connectivity index (χ0v) is 8.08. The minimum Gasteiger partial charge on any atom is -0.396 e. The van der Waals surface area contributed by atoms with Gasteiger partial charge in [-0.2, -0.15) is 0 Å². The van der Waals surface area contributed by atoms with Crippen molar-refractivity contribution in [2.75, 3.05) is 17.6 Å². The molecule has 0 aliphatic carbocycles. The third-order valence-electron chi connectivity index (χ3n) is 1.89. The molecule has 1 heterocycles. The highest BCUT2D eigenvalue weighted by molar-refractivity contribution is 14.1. The smallest absolute Gasteiger partial charge is 0.0664 e. The van der Waals surface area contributed by atoms with Gasteiger partial charge in [0, 0.05) is 17.0 Å². The maximum absolute atomic E-state index is 8.77. The van der Waals surface area contributed by atoms with Crippen LogP contribution in [0.3, 0.4) is 0 Å². The number of alkyl halides is 1. The number of aliphatic hydroxyl groups is 1. The molecule has 1 N–H and O–H groups in total. The molecule has 0 unspecified atom stereocenters. The summed E-state index contributed by atoms with van der Waals surface area (Å²) in [5.74, 6) is 0.402. The van der Waals surface area contributed by atoms with Crippen molar-refractivity contribution in [3.63, 3.8) is 0 Å². The second kappa shape index (κ2) is 4.51. The summed E-state index contributed by atoms with van der Waals surface area (Å²) in [6.07, 6.45) is 2.70. The van der Waals surface area contributed by atoms with Crippen LogP contribution in [0.5, 0.6) is 0 Å². The Morgan fingerprint density at radius 3 is 2.70 bits per heavy atom. The van der Waals surface area contributed by atoms with Gasteiger partial charge in [-0.1, -0.05) is 22.6 Å². The van der Waals surface area contributed by atoms with Gasteiger partial charge in [-0.15, -0.1) is 0 Å². The maximum atomic E-state index is 8.77. The lowest BCUT2D eigenvalue weighted by atomic mass is 10.0. The molecule has 0 aromatic heterocycles. The van der Waals surface area contributed by atoms with Crippen molar-refractivity contribution >= 4 is 22.6 Å². The van der Waals surface area contributed by atoms with Crippen molar-refractivity contribution in [3.05, 3.63) is 0 Å². The van der Waals surface area contributed by atoms with E-state index < -0.39 is 0 Å². The summed E-state index contributed by atoms with van der Waals surface area (Å²) in [6.45, 7) is 1.04. The Hall–Kier alpha value is 0.650. The van der Waals surface area contributed by atoms with Crippen molar-refractivity contribution in [1.29, 1.82) is 0 Å². The topological polar surface area (TPSA) is 29.5 Å². The molecule has 3 heteroatoms. The van der Waals surface area contributed by atoms with Crippen LogP contribution in [-0.2, 0) is 4.74 Å². The average Bonchev–Trinajstić information content (AvgIpc) is 2.05. The van der Waals surface area contributed by atoms with E-state index in [1.165, 1.54) is 0 Å². The summed E-state index contributed by atoms with van der Waals surface area (Å²) in [6, 6.07) is 0. The van der Waals surface area contributed by atoms with Crippen molar-refractivity contribution in [1.82, 2.24) is 0 Å². The van der Waals surface area contributed by atoms with Crippen LogP contribution < -0.4 is 0 Å². The quantitative estimate of drug-likeness (QED) is 0.594. The van der Waals surface area contributed by atoms with Crippen LogP contribution >= 0.6 is 22.6 Å². The van der Waals surface area contributed by atoms with Gasteiger partial charge in [0.1, 0.15) is 0 Å². The largest absolute Gasteiger partial charge is 0.396 e. The second-order valence-electron chi connectivity index (χ2n) is 2.74. The lowest BCUT2D eigenvalue weighted by molar-refractivity contribution is -0.0165. The molecule has 0 amide bonds. The molecule has 1 fully saturated rings. The molecule has 0 radical (unpaired) electrons. The SMILES string of the molecule is OC[C@H]1CC[C@H](CI)OC1. The Balaban J connectivity index is 2.17. The summed E-state index contributed by atoms with van der Waals surface area (Å²) in [4.78, 5) is 0. The second-order valence-corrected chi connectivity index (χ2v) is 3.62. The van der Waals surface area contributed by atoms with Crippen LogP contribution in [0.2, 0.25) is 0 Å². The minimum atomic E-state index is 0.286. The molecule has 0 aromatic rings. The number of hydrogen-bond acceptors (Lipinski definition) is 2. The van der Waals surface area contributed by atoms with Gasteiger partial charge in [-0.05, 0) is 12.8 Å². The summed E-state index contributed by atoms with van der Waals surface area (Å²) in [7, 11) is 0. The Morgan fingerprint density at radius 2 is 2.30 bits per heavy atom. The van der Waals surface area contributed by atoms with Gasteiger partial charge in [0.05, 0.1) is 12.7 Å². The Morgan fingerprint density at radius 1 is 1.50 bits per heavy atom. The van der Waals surface area contributed by atoms with Crippen molar-refractivity contribution in [2.45, 2.75) is 18.9 Å². The first-order valence-corrected chi connectivity index (χ1v) is 5.17.